The van der Waals surface area contributed by atoms with Gasteiger partial charge < -0.3 is 4.74 Å². The molecular formula is C12H12ClNO. The molecule has 1 aliphatic rings. The van der Waals surface area contributed by atoms with Gasteiger partial charge in [-0.25, -0.2) is 0 Å². The van der Waals surface area contributed by atoms with Crippen LogP contribution in [-0.2, 0) is 0 Å². The molecule has 0 radical (unpaired) electrons. The summed E-state index contributed by atoms with van der Waals surface area (Å²) in [4.78, 5) is 4.07. The van der Waals surface area contributed by atoms with Crippen LogP contribution in [-0.4, -0.2) is 17.5 Å². The zero-order valence-electron chi connectivity index (χ0n) is 8.37. The molecule has 0 atom stereocenters. The Balaban J connectivity index is 1.97. The summed E-state index contributed by atoms with van der Waals surface area (Å²) in [6.07, 6.45) is 6.01. The van der Waals surface area contributed by atoms with Crippen LogP contribution >= 0.6 is 11.6 Å². The van der Waals surface area contributed by atoms with Gasteiger partial charge in [-0.15, -0.1) is 11.6 Å². The molecule has 3 heteroatoms. The molecule has 2 nitrogen and oxygen atoms in total. The summed E-state index contributed by atoms with van der Waals surface area (Å²) in [5.74, 6) is 7.59. The fourth-order valence-electron chi connectivity index (χ4n) is 1.20. The highest BCUT2D eigenvalue weighted by Crippen LogP contribution is 2.29. The van der Waals surface area contributed by atoms with Crippen molar-refractivity contribution in [2.45, 2.75) is 12.8 Å². The molecule has 0 aromatic carbocycles. The van der Waals surface area contributed by atoms with E-state index in [-0.39, 0.29) is 0 Å². The molecular weight excluding hydrogens is 210 g/mol. The summed E-state index contributed by atoms with van der Waals surface area (Å²) in [6, 6.07) is 1.90. The Hall–Kier alpha value is -1.20. The average Bonchev–Trinajstić information content (AvgIpc) is 3.08. The molecule has 0 spiro atoms. The largest absolute Gasteiger partial charge is 0.492 e. The minimum absolute atomic E-state index is 0.340. The van der Waals surface area contributed by atoms with Gasteiger partial charge in [-0.05, 0) is 24.8 Å². The smallest absolute Gasteiger partial charge is 0.138 e. The second-order valence-electron chi connectivity index (χ2n) is 3.60. The molecule has 15 heavy (non-hydrogen) atoms. The van der Waals surface area contributed by atoms with Crippen molar-refractivity contribution in [2.24, 2.45) is 5.92 Å². The van der Waals surface area contributed by atoms with E-state index in [0.29, 0.717) is 5.88 Å². The molecule has 0 aliphatic heterocycles. The van der Waals surface area contributed by atoms with Crippen molar-refractivity contribution in [2.75, 3.05) is 12.5 Å². The quantitative estimate of drug-likeness (QED) is 0.578. The van der Waals surface area contributed by atoms with Crippen LogP contribution in [0.2, 0.25) is 0 Å². The van der Waals surface area contributed by atoms with Crippen LogP contribution < -0.4 is 4.74 Å². The van der Waals surface area contributed by atoms with E-state index in [1.165, 1.54) is 12.8 Å². The van der Waals surface area contributed by atoms with E-state index in [1.54, 1.807) is 12.4 Å². The zero-order valence-corrected chi connectivity index (χ0v) is 9.13. The Kier molecular flexibility index (Phi) is 3.47. The standard InChI is InChI=1S/C12H12ClNO/c13-5-1-2-11-6-12(8-14-7-11)15-9-10-3-4-10/h6-8,10H,3-5,9H2. The number of pyridine rings is 1. The minimum Gasteiger partial charge on any atom is -0.492 e. The number of hydrogen-bond donors (Lipinski definition) is 0. The highest BCUT2D eigenvalue weighted by atomic mass is 35.5. The predicted octanol–water partition coefficient (Wildman–Crippen LogP) is 2.46. The SMILES string of the molecule is ClCC#Cc1cncc(OCC2CC2)c1. The number of alkyl halides is 1. The summed E-state index contributed by atoms with van der Waals surface area (Å²) in [7, 11) is 0. The molecule has 0 saturated heterocycles. The number of halogens is 1. The molecule has 2 rings (SSSR count). The molecule has 1 saturated carbocycles. The lowest BCUT2D eigenvalue weighted by atomic mass is 10.3. The Morgan fingerprint density at radius 2 is 2.33 bits per heavy atom. The molecule has 0 amide bonds. The van der Waals surface area contributed by atoms with Gasteiger partial charge in [-0.3, -0.25) is 4.98 Å². The van der Waals surface area contributed by atoms with Gasteiger partial charge in [0.25, 0.3) is 0 Å². The highest BCUT2D eigenvalue weighted by molar-refractivity contribution is 6.19. The second kappa shape index (κ2) is 5.04. The van der Waals surface area contributed by atoms with E-state index < -0.39 is 0 Å². The van der Waals surface area contributed by atoms with Crippen molar-refractivity contribution in [3.63, 3.8) is 0 Å². The Morgan fingerprint density at radius 3 is 3.07 bits per heavy atom. The van der Waals surface area contributed by atoms with Gasteiger partial charge in [-0.1, -0.05) is 11.8 Å². The number of aromatic nitrogens is 1. The van der Waals surface area contributed by atoms with Crippen molar-refractivity contribution in [1.29, 1.82) is 0 Å². The first-order chi connectivity index (χ1) is 7.38. The first kappa shape index (κ1) is 10.3. The van der Waals surface area contributed by atoms with E-state index in [2.05, 4.69) is 16.8 Å². The van der Waals surface area contributed by atoms with Gasteiger partial charge in [0, 0.05) is 11.8 Å². The summed E-state index contributed by atoms with van der Waals surface area (Å²) >= 11 is 5.48. The summed E-state index contributed by atoms with van der Waals surface area (Å²) in [6.45, 7) is 0.800. The van der Waals surface area contributed by atoms with E-state index in [4.69, 9.17) is 16.3 Å². The van der Waals surface area contributed by atoms with E-state index in [9.17, 15) is 0 Å². The van der Waals surface area contributed by atoms with Gasteiger partial charge >= 0.3 is 0 Å². The van der Waals surface area contributed by atoms with Crippen molar-refractivity contribution in [3.8, 4) is 17.6 Å². The minimum atomic E-state index is 0.340. The molecule has 1 aromatic rings. The van der Waals surface area contributed by atoms with Crippen molar-refractivity contribution in [1.82, 2.24) is 4.98 Å². The predicted molar refractivity (Wildman–Crippen MR) is 60.1 cm³/mol. The first-order valence-electron chi connectivity index (χ1n) is 5.01. The maximum atomic E-state index is 5.59. The summed E-state index contributed by atoms with van der Waals surface area (Å²) < 4.78 is 5.59. The monoisotopic (exact) mass is 221 g/mol. The molecule has 1 fully saturated rings. The summed E-state index contributed by atoms with van der Waals surface area (Å²) in [5, 5.41) is 0. The van der Waals surface area contributed by atoms with Crippen molar-refractivity contribution >= 4 is 11.6 Å². The highest BCUT2D eigenvalue weighted by Gasteiger charge is 2.21. The van der Waals surface area contributed by atoms with Crippen LogP contribution in [0.1, 0.15) is 18.4 Å². The zero-order chi connectivity index (χ0) is 10.5. The summed E-state index contributed by atoms with van der Waals surface area (Å²) in [5.41, 5.74) is 0.851. The lowest BCUT2D eigenvalue weighted by molar-refractivity contribution is 0.298. The van der Waals surface area contributed by atoms with Crippen LogP contribution in [0.15, 0.2) is 18.5 Å². The molecule has 0 N–H and O–H groups in total. The molecule has 1 aromatic heterocycles. The Labute approximate surface area is 94.6 Å². The second-order valence-corrected chi connectivity index (χ2v) is 3.87. The third-order valence-corrected chi connectivity index (χ3v) is 2.33. The average molecular weight is 222 g/mol. The van der Waals surface area contributed by atoms with E-state index >= 15 is 0 Å². The van der Waals surface area contributed by atoms with Crippen LogP contribution in [0.4, 0.5) is 0 Å². The molecule has 1 aliphatic carbocycles. The number of hydrogen-bond acceptors (Lipinski definition) is 2. The van der Waals surface area contributed by atoms with Gasteiger partial charge in [0.15, 0.2) is 0 Å². The molecule has 0 unspecified atom stereocenters. The van der Waals surface area contributed by atoms with Gasteiger partial charge in [0.05, 0.1) is 18.7 Å². The van der Waals surface area contributed by atoms with Crippen LogP contribution in [0.3, 0.4) is 0 Å². The normalized spacial score (nSPS) is 14.2. The van der Waals surface area contributed by atoms with E-state index in [0.717, 1.165) is 23.8 Å². The maximum absolute atomic E-state index is 5.59. The fraction of sp³-hybridized carbons (Fsp3) is 0.417. The number of rotatable bonds is 3. The molecule has 78 valence electrons. The van der Waals surface area contributed by atoms with Crippen LogP contribution in [0, 0.1) is 17.8 Å². The first-order valence-corrected chi connectivity index (χ1v) is 5.54. The Morgan fingerprint density at radius 1 is 1.47 bits per heavy atom. The lowest BCUT2D eigenvalue weighted by Gasteiger charge is -2.03. The topological polar surface area (TPSA) is 22.1 Å². The van der Waals surface area contributed by atoms with Gasteiger partial charge in [0.2, 0.25) is 0 Å². The van der Waals surface area contributed by atoms with Crippen molar-refractivity contribution < 1.29 is 4.74 Å². The lowest BCUT2D eigenvalue weighted by Crippen LogP contribution is -1.99. The fourth-order valence-corrected chi connectivity index (χ4v) is 1.27. The van der Waals surface area contributed by atoms with Crippen LogP contribution in [0.25, 0.3) is 0 Å². The van der Waals surface area contributed by atoms with E-state index in [1.807, 2.05) is 6.07 Å². The third kappa shape index (κ3) is 3.45. The molecule has 0 bridgehead atoms. The number of ether oxygens (including phenoxy) is 1. The number of nitrogens with zero attached hydrogens (tertiary/aromatic N) is 1. The molecule has 1 heterocycles. The van der Waals surface area contributed by atoms with Gasteiger partial charge in [0.1, 0.15) is 5.75 Å². The van der Waals surface area contributed by atoms with Gasteiger partial charge in [-0.2, -0.15) is 0 Å². The third-order valence-electron chi connectivity index (χ3n) is 2.20. The Bertz CT molecular complexity index is 390. The van der Waals surface area contributed by atoms with Crippen LogP contribution in [0.5, 0.6) is 5.75 Å². The maximum Gasteiger partial charge on any atom is 0.138 e. The van der Waals surface area contributed by atoms with Crippen molar-refractivity contribution in [3.05, 3.63) is 24.0 Å².